The molecule has 2 aromatic rings. The van der Waals surface area contributed by atoms with Gasteiger partial charge >= 0.3 is 5.69 Å². The van der Waals surface area contributed by atoms with Crippen LogP contribution in [0.3, 0.4) is 0 Å². The Labute approximate surface area is 109 Å². The van der Waals surface area contributed by atoms with E-state index in [2.05, 4.69) is 5.10 Å². The average Bonchev–Trinajstić information content (AvgIpc) is 2.64. The van der Waals surface area contributed by atoms with Crippen LogP contribution < -0.4 is 5.69 Å². The zero-order valence-electron chi connectivity index (χ0n) is 10.9. The molecule has 0 N–H and O–H groups in total. The van der Waals surface area contributed by atoms with Crippen molar-refractivity contribution in [3.63, 3.8) is 0 Å². The van der Waals surface area contributed by atoms with Gasteiger partial charge in [-0.25, -0.2) is 13.6 Å². The van der Waals surface area contributed by atoms with Crippen molar-refractivity contribution in [2.24, 2.45) is 7.05 Å². The van der Waals surface area contributed by atoms with Gasteiger partial charge in [0.1, 0.15) is 17.5 Å². The van der Waals surface area contributed by atoms with Crippen LogP contribution in [0.5, 0.6) is 0 Å². The van der Waals surface area contributed by atoms with Crippen LogP contribution in [0, 0.1) is 17.7 Å². The van der Waals surface area contributed by atoms with Gasteiger partial charge in [0.05, 0.1) is 11.8 Å². The summed E-state index contributed by atoms with van der Waals surface area (Å²) in [5, 5.41) is 4.15. The van der Waals surface area contributed by atoms with Gasteiger partial charge in [0, 0.05) is 25.1 Å². The van der Waals surface area contributed by atoms with Crippen molar-refractivity contribution in [2.75, 3.05) is 0 Å². The van der Waals surface area contributed by atoms with Crippen molar-refractivity contribution in [1.82, 2.24) is 14.3 Å². The van der Waals surface area contributed by atoms with Crippen LogP contribution >= 0.6 is 0 Å². The predicted molar refractivity (Wildman–Crippen MR) is 66.3 cm³/mol. The Morgan fingerprint density at radius 1 is 1.37 bits per heavy atom. The number of hydrogen-bond acceptors (Lipinski definition) is 2. The molecular formula is C13H14F2N3O. The minimum Gasteiger partial charge on any atom is -0.282 e. The van der Waals surface area contributed by atoms with Crippen molar-refractivity contribution in [1.29, 1.82) is 0 Å². The van der Waals surface area contributed by atoms with E-state index in [0.29, 0.717) is 5.82 Å². The molecule has 1 atom stereocenters. The Bertz CT molecular complexity index is 640. The van der Waals surface area contributed by atoms with E-state index < -0.39 is 17.3 Å². The van der Waals surface area contributed by atoms with Gasteiger partial charge < -0.3 is 0 Å². The molecule has 1 aromatic carbocycles. The second-order valence-electron chi connectivity index (χ2n) is 4.46. The normalized spacial score (nSPS) is 12.7. The molecule has 1 unspecified atom stereocenters. The van der Waals surface area contributed by atoms with E-state index in [9.17, 15) is 13.6 Å². The van der Waals surface area contributed by atoms with Gasteiger partial charge in [-0.05, 0) is 6.42 Å². The lowest BCUT2D eigenvalue weighted by Crippen LogP contribution is -2.22. The quantitative estimate of drug-likeness (QED) is 0.854. The van der Waals surface area contributed by atoms with Crippen molar-refractivity contribution in [2.45, 2.75) is 26.2 Å². The maximum Gasteiger partial charge on any atom is 0.350 e. The molecule has 19 heavy (non-hydrogen) atoms. The second kappa shape index (κ2) is 4.95. The first-order valence-corrected chi connectivity index (χ1v) is 5.98. The molecule has 6 heteroatoms. The standard InChI is InChI=1S/C13H14F2N3O/c1-4-8(2)12-16-18(13(19)17(12)3)11-6-9(14)5-10(15)7-11/h6-8H,4H2,1-3H3. The molecule has 0 fully saturated rings. The maximum atomic E-state index is 13.1. The Morgan fingerprint density at radius 3 is 2.47 bits per heavy atom. The van der Waals surface area contributed by atoms with Crippen LogP contribution in [0.1, 0.15) is 32.0 Å². The molecule has 4 nitrogen and oxygen atoms in total. The van der Waals surface area contributed by atoms with Crippen LogP contribution in [-0.4, -0.2) is 14.3 Å². The number of rotatable bonds is 3. The second-order valence-corrected chi connectivity index (χ2v) is 4.46. The lowest BCUT2D eigenvalue weighted by atomic mass is 10.1. The van der Waals surface area contributed by atoms with Gasteiger partial charge in [-0.3, -0.25) is 4.57 Å². The number of nitrogens with zero attached hydrogens (tertiary/aromatic N) is 3. The fourth-order valence-electron chi connectivity index (χ4n) is 1.84. The van der Waals surface area contributed by atoms with E-state index in [1.165, 1.54) is 4.57 Å². The molecule has 0 aliphatic heterocycles. The third-order valence-electron chi connectivity index (χ3n) is 3.10. The van der Waals surface area contributed by atoms with Crippen LogP contribution in [0.25, 0.3) is 5.69 Å². The van der Waals surface area contributed by atoms with Crippen LogP contribution in [0.4, 0.5) is 8.78 Å². The topological polar surface area (TPSA) is 39.8 Å². The van der Waals surface area contributed by atoms with Crippen molar-refractivity contribution < 1.29 is 8.78 Å². The van der Waals surface area contributed by atoms with E-state index in [1.807, 2.05) is 19.9 Å². The first-order valence-electron chi connectivity index (χ1n) is 5.98. The third-order valence-corrected chi connectivity index (χ3v) is 3.10. The molecule has 1 heterocycles. The highest BCUT2D eigenvalue weighted by Crippen LogP contribution is 2.16. The Hall–Kier alpha value is -1.98. The molecule has 0 spiro atoms. The summed E-state index contributed by atoms with van der Waals surface area (Å²) >= 11 is 0. The smallest absolute Gasteiger partial charge is 0.282 e. The maximum absolute atomic E-state index is 13.1. The van der Waals surface area contributed by atoms with Crippen LogP contribution in [0.2, 0.25) is 0 Å². The van der Waals surface area contributed by atoms with Gasteiger partial charge in [0.15, 0.2) is 0 Å². The van der Waals surface area contributed by atoms with E-state index in [4.69, 9.17) is 0 Å². The molecular weight excluding hydrogens is 252 g/mol. The van der Waals surface area contributed by atoms with E-state index >= 15 is 0 Å². The number of aromatic nitrogens is 3. The van der Waals surface area contributed by atoms with Gasteiger partial charge in [0.2, 0.25) is 0 Å². The van der Waals surface area contributed by atoms with E-state index in [-0.39, 0.29) is 11.6 Å². The number of hydrogen-bond donors (Lipinski definition) is 0. The lowest BCUT2D eigenvalue weighted by molar-refractivity contribution is 0.575. The van der Waals surface area contributed by atoms with Gasteiger partial charge in [-0.1, -0.05) is 13.8 Å². The molecule has 1 radical (unpaired) electrons. The zero-order chi connectivity index (χ0) is 14.2. The molecule has 0 saturated carbocycles. The lowest BCUT2D eigenvalue weighted by Gasteiger charge is -2.05. The SMILES string of the molecule is CCC(C)c1nn(-c2cc(F)[c]c(F)c2)c(=O)n1C. The molecule has 0 bridgehead atoms. The largest absolute Gasteiger partial charge is 0.350 e. The average molecular weight is 266 g/mol. The molecule has 0 saturated heterocycles. The fourth-order valence-corrected chi connectivity index (χ4v) is 1.84. The van der Waals surface area contributed by atoms with Gasteiger partial charge in [-0.15, -0.1) is 5.10 Å². The summed E-state index contributed by atoms with van der Waals surface area (Å²) < 4.78 is 28.7. The Kier molecular flexibility index (Phi) is 3.50. The first-order chi connectivity index (χ1) is 8.93. The van der Waals surface area contributed by atoms with Crippen molar-refractivity contribution >= 4 is 0 Å². The van der Waals surface area contributed by atoms with Crippen LogP contribution in [0.15, 0.2) is 16.9 Å². The van der Waals surface area contributed by atoms with E-state index in [0.717, 1.165) is 23.2 Å². The molecule has 2 rings (SSSR count). The minimum absolute atomic E-state index is 0.0592. The predicted octanol–water partition coefficient (Wildman–Crippen LogP) is 2.16. The third kappa shape index (κ3) is 2.43. The molecule has 1 aromatic heterocycles. The molecule has 0 amide bonds. The molecule has 101 valence electrons. The van der Waals surface area contributed by atoms with E-state index in [1.54, 1.807) is 7.05 Å². The zero-order valence-corrected chi connectivity index (χ0v) is 10.9. The summed E-state index contributed by atoms with van der Waals surface area (Å²) in [4.78, 5) is 12.0. The molecule has 0 aliphatic carbocycles. The Morgan fingerprint density at radius 2 is 1.95 bits per heavy atom. The highest BCUT2D eigenvalue weighted by molar-refractivity contribution is 5.31. The Balaban J connectivity index is 2.60. The van der Waals surface area contributed by atoms with Gasteiger partial charge in [0.25, 0.3) is 0 Å². The van der Waals surface area contributed by atoms with Crippen molar-refractivity contribution in [3.05, 3.63) is 46.1 Å². The first kappa shape index (κ1) is 13.5. The van der Waals surface area contributed by atoms with Crippen molar-refractivity contribution in [3.8, 4) is 5.69 Å². The fraction of sp³-hybridized carbons (Fsp3) is 0.385. The summed E-state index contributed by atoms with van der Waals surface area (Å²) in [5.74, 6) is -1.06. The van der Waals surface area contributed by atoms with Gasteiger partial charge in [-0.2, -0.15) is 4.68 Å². The highest BCUT2D eigenvalue weighted by Gasteiger charge is 2.16. The monoisotopic (exact) mass is 266 g/mol. The molecule has 0 aliphatic rings. The minimum atomic E-state index is -0.863. The summed E-state index contributed by atoms with van der Waals surface area (Å²) in [6.45, 7) is 3.91. The summed E-state index contributed by atoms with van der Waals surface area (Å²) in [7, 11) is 1.59. The number of halogens is 2. The summed E-state index contributed by atoms with van der Waals surface area (Å²) in [6, 6.07) is 3.92. The summed E-state index contributed by atoms with van der Waals surface area (Å²) in [6.07, 6.45) is 0.815. The highest BCUT2D eigenvalue weighted by atomic mass is 19.1. The van der Waals surface area contributed by atoms with Crippen LogP contribution in [-0.2, 0) is 7.05 Å². The summed E-state index contributed by atoms with van der Waals surface area (Å²) in [5.41, 5.74) is -0.371. The number of benzene rings is 1.